The summed E-state index contributed by atoms with van der Waals surface area (Å²) in [4.78, 5) is 16.4. The Hall–Kier alpha value is -2.49. The van der Waals surface area contributed by atoms with Crippen LogP contribution < -0.4 is 10.2 Å². The summed E-state index contributed by atoms with van der Waals surface area (Å²) in [7, 11) is 4.03. The molecule has 4 nitrogen and oxygen atoms in total. The normalized spacial score (nSPS) is 13.4. The van der Waals surface area contributed by atoms with Crippen LogP contribution in [0.15, 0.2) is 48.5 Å². The van der Waals surface area contributed by atoms with Crippen molar-refractivity contribution in [2.24, 2.45) is 0 Å². The third-order valence-corrected chi connectivity index (χ3v) is 4.29. The maximum atomic E-state index is 12.4. The van der Waals surface area contributed by atoms with Crippen molar-refractivity contribution in [1.82, 2.24) is 10.2 Å². The van der Waals surface area contributed by atoms with E-state index >= 15 is 0 Å². The van der Waals surface area contributed by atoms with Gasteiger partial charge in [0.25, 0.3) is 0 Å². The second-order valence-electron chi connectivity index (χ2n) is 6.16. The number of carbonyl (C=O) groups excluding carboxylic acids is 1. The standard InChI is InChI=1S/C19H23N3O/c1-21(2)18-9-5-6-15(12-18)13-20-19(23)22-11-10-16-7-3-4-8-17(16)14-22/h3-9,12H,10-11,13-14H2,1-2H3,(H,20,23). The number of urea groups is 1. The SMILES string of the molecule is CN(C)c1cccc(CNC(=O)N2CCc3ccccc3C2)c1. The van der Waals surface area contributed by atoms with Crippen LogP contribution in [-0.4, -0.2) is 31.6 Å². The molecule has 0 spiro atoms. The van der Waals surface area contributed by atoms with Crippen LogP contribution in [0.2, 0.25) is 0 Å². The van der Waals surface area contributed by atoms with Gasteiger partial charge in [-0.3, -0.25) is 0 Å². The highest BCUT2D eigenvalue weighted by atomic mass is 16.2. The molecule has 0 saturated heterocycles. The van der Waals surface area contributed by atoms with Gasteiger partial charge < -0.3 is 15.1 Å². The summed E-state index contributed by atoms with van der Waals surface area (Å²) in [5, 5.41) is 3.03. The number of benzene rings is 2. The number of rotatable bonds is 3. The van der Waals surface area contributed by atoms with Gasteiger partial charge in [-0.05, 0) is 35.2 Å². The first-order valence-electron chi connectivity index (χ1n) is 7.99. The lowest BCUT2D eigenvalue weighted by molar-refractivity contribution is 0.192. The first-order chi connectivity index (χ1) is 11.1. The minimum absolute atomic E-state index is 0.00904. The van der Waals surface area contributed by atoms with Crippen molar-refractivity contribution in [2.75, 3.05) is 25.5 Å². The molecule has 120 valence electrons. The zero-order chi connectivity index (χ0) is 16.2. The van der Waals surface area contributed by atoms with E-state index in [1.807, 2.05) is 37.2 Å². The summed E-state index contributed by atoms with van der Waals surface area (Å²) in [5.41, 5.74) is 4.87. The fourth-order valence-electron chi connectivity index (χ4n) is 2.90. The first kappa shape index (κ1) is 15.4. The van der Waals surface area contributed by atoms with Crippen LogP contribution in [0.5, 0.6) is 0 Å². The summed E-state index contributed by atoms with van der Waals surface area (Å²) in [6.45, 7) is 2.03. The predicted molar refractivity (Wildman–Crippen MR) is 93.6 cm³/mol. The molecule has 1 N–H and O–H groups in total. The maximum Gasteiger partial charge on any atom is 0.317 e. The van der Waals surface area contributed by atoms with Crippen molar-refractivity contribution in [1.29, 1.82) is 0 Å². The van der Waals surface area contributed by atoms with Crippen LogP contribution in [0.4, 0.5) is 10.5 Å². The molecular weight excluding hydrogens is 286 g/mol. The molecule has 1 aliphatic heterocycles. The van der Waals surface area contributed by atoms with Gasteiger partial charge in [-0.2, -0.15) is 0 Å². The second-order valence-corrected chi connectivity index (χ2v) is 6.16. The van der Waals surface area contributed by atoms with Gasteiger partial charge in [0.2, 0.25) is 0 Å². The van der Waals surface area contributed by atoms with Crippen molar-refractivity contribution in [3.63, 3.8) is 0 Å². The van der Waals surface area contributed by atoms with E-state index in [4.69, 9.17) is 0 Å². The van der Waals surface area contributed by atoms with Crippen molar-refractivity contribution in [3.8, 4) is 0 Å². The molecule has 1 heterocycles. The predicted octanol–water partition coefficient (Wildman–Crippen LogP) is 3.02. The van der Waals surface area contributed by atoms with E-state index in [0.717, 1.165) is 24.2 Å². The molecule has 1 aliphatic rings. The van der Waals surface area contributed by atoms with Crippen LogP contribution in [0.25, 0.3) is 0 Å². The lowest BCUT2D eigenvalue weighted by Crippen LogP contribution is -2.42. The summed E-state index contributed by atoms with van der Waals surface area (Å²) in [6.07, 6.45) is 0.930. The Morgan fingerprint density at radius 1 is 1.13 bits per heavy atom. The molecule has 2 aromatic rings. The Morgan fingerprint density at radius 2 is 1.91 bits per heavy atom. The molecular formula is C19H23N3O. The van der Waals surface area contributed by atoms with E-state index in [-0.39, 0.29) is 6.03 Å². The van der Waals surface area contributed by atoms with Crippen molar-refractivity contribution < 1.29 is 4.79 Å². The van der Waals surface area contributed by atoms with Gasteiger partial charge in [0.1, 0.15) is 0 Å². The van der Waals surface area contributed by atoms with E-state index < -0.39 is 0 Å². The number of hydrogen-bond acceptors (Lipinski definition) is 2. The number of carbonyl (C=O) groups is 1. The number of hydrogen-bond donors (Lipinski definition) is 1. The minimum Gasteiger partial charge on any atom is -0.378 e. The molecule has 3 rings (SSSR count). The number of nitrogens with one attached hydrogen (secondary N) is 1. The third-order valence-electron chi connectivity index (χ3n) is 4.29. The lowest BCUT2D eigenvalue weighted by Gasteiger charge is -2.29. The maximum absolute atomic E-state index is 12.4. The summed E-state index contributed by atoms with van der Waals surface area (Å²) < 4.78 is 0. The Kier molecular flexibility index (Phi) is 4.51. The minimum atomic E-state index is 0.00904. The van der Waals surface area contributed by atoms with E-state index in [1.54, 1.807) is 0 Å². The first-order valence-corrected chi connectivity index (χ1v) is 7.99. The topological polar surface area (TPSA) is 35.6 Å². The van der Waals surface area contributed by atoms with Gasteiger partial charge in [0, 0.05) is 39.4 Å². The number of fused-ring (bicyclic) bond motifs is 1. The number of nitrogens with zero attached hydrogens (tertiary/aromatic N) is 2. The Balaban J connectivity index is 1.59. The summed E-state index contributed by atoms with van der Waals surface area (Å²) in [6, 6.07) is 16.6. The molecule has 0 aliphatic carbocycles. The van der Waals surface area contributed by atoms with E-state index in [1.165, 1.54) is 11.1 Å². The van der Waals surface area contributed by atoms with E-state index in [9.17, 15) is 4.79 Å². The Labute approximate surface area is 137 Å². The van der Waals surface area contributed by atoms with Crippen LogP contribution in [-0.2, 0) is 19.5 Å². The van der Waals surface area contributed by atoms with Gasteiger partial charge in [-0.25, -0.2) is 4.79 Å². The zero-order valence-corrected chi connectivity index (χ0v) is 13.7. The Bertz CT molecular complexity index is 697. The molecule has 0 aromatic heterocycles. The Morgan fingerprint density at radius 3 is 2.70 bits per heavy atom. The van der Waals surface area contributed by atoms with Crippen molar-refractivity contribution in [3.05, 3.63) is 65.2 Å². The van der Waals surface area contributed by atoms with Crippen LogP contribution in [0.3, 0.4) is 0 Å². The van der Waals surface area contributed by atoms with Gasteiger partial charge in [0.15, 0.2) is 0 Å². The lowest BCUT2D eigenvalue weighted by atomic mass is 10.0. The van der Waals surface area contributed by atoms with Crippen LogP contribution >= 0.6 is 0 Å². The highest BCUT2D eigenvalue weighted by Crippen LogP contribution is 2.18. The van der Waals surface area contributed by atoms with Gasteiger partial charge in [0.05, 0.1) is 0 Å². The molecule has 0 bridgehead atoms. The number of anilines is 1. The molecule has 23 heavy (non-hydrogen) atoms. The monoisotopic (exact) mass is 309 g/mol. The molecule has 0 fully saturated rings. The van der Waals surface area contributed by atoms with Gasteiger partial charge in [-0.15, -0.1) is 0 Å². The fourth-order valence-corrected chi connectivity index (χ4v) is 2.90. The fraction of sp³-hybridized carbons (Fsp3) is 0.316. The van der Waals surface area contributed by atoms with Crippen molar-refractivity contribution in [2.45, 2.75) is 19.5 Å². The average molecular weight is 309 g/mol. The second kappa shape index (κ2) is 6.73. The highest BCUT2D eigenvalue weighted by molar-refractivity contribution is 5.74. The molecule has 0 unspecified atom stereocenters. The van der Waals surface area contributed by atoms with Gasteiger partial charge >= 0.3 is 6.03 Å². The molecule has 4 heteroatoms. The third kappa shape index (κ3) is 3.65. The smallest absolute Gasteiger partial charge is 0.317 e. The number of amides is 2. The van der Waals surface area contributed by atoms with E-state index in [2.05, 4.69) is 40.5 Å². The molecule has 2 amide bonds. The largest absolute Gasteiger partial charge is 0.378 e. The highest BCUT2D eigenvalue weighted by Gasteiger charge is 2.19. The molecule has 2 aromatic carbocycles. The molecule has 0 radical (unpaired) electrons. The van der Waals surface area contributed by atoms with Gasteiger partial charge in [-0.1, -0.05) is 36.4 Å². The quantitative estimate of drug-likeness (QED) is 0.946. The van der Waals surface area contributed by atoms with Crippen LogP contribution in [0.1, 0.15) is 16.7 Å². The molecule has 0 saturated carbocycles. The van der Waals surface area contributed by atoms with E-state index in [0.29, 0.717) is 13.1 Å². The van der Waals surface area contributed by atoms with Crippen molar-refractivity contribution >= 4 is 11.7 Å². The molecule has 0 atom stereocenters. The van der Waals surface area contributed by atoms with Crippen LogP contribution in [0, 0.1) is 0 Å². The average Bonchev–Trinajstić information content (AvgIpc) is 2.59. The summed E-state index contributed by atoms with van der Waals surface area (Å²) >= 11 is 0. The zero-order valence-electron chi connectivity index (χ0n) is 13.7. The summed E-state index contributed by atoms with van der Waals surface area (Å²) in [5.74, 6) is 0.